The van der Waals surface area contributed by atoms with Crippen LogP contribution in [-0.2, 0) is 16.8 Å². The fraction of sp³-hybridized carbons (Fsp3) is 0.688. The highest BCUT2D eigenvalue weighted by molar-refractivity contribution is 7.12. The number of likely N-dealkylation sites (tertiary alicyclic amines) is 1. The van der Waals surface area contributed by atoms with Crippen molar-refractivity contribution >= 4 is 17.3 Å². The number of thiophene rings is 1. The molecule has 1 aromatic rings. The minimum atomic E-state index is -0.650. The monoisotopic (exact) mass is 295 g/mol. The molecule has 1 saturated heterocycles. The van der Waals surface area contributed by atoms with Gasteiger partial charge in [0.2, 0.25) is 0 Å². The van der Waals surface area contributed by atoms with Gasteiger partial charge in [0, 0.05) is 29.4 Å². The number of carboxylic acids is 1. The standard InChI is InChI=1S/C16H25NO2S/c1-11-7-12(15(18)19)9-17(8-11)10-13-5-6-14(20-13)16(2,3)4/h5-6,11-12H,7-10H2,1-4H3,(H,18,19). The van der Waals surface area contributed by atoms with E-state index in [9.17, 15) is 9.90 Å². The molecule has 0 amide bonds. The normalized spacial score (nSPS) is 24.8. The summed E-state index contributed by atoms with van der Waals surface area (Å²) in [7, 11) is 0. The number of carboxylic acid groups (broad SMARTS) is 1. The van der Waals surface area contributed by atoms with E-state index >= 15 is 0 Å². The van der Waals surface area contributed by atoms with E-state index in [1.165, 1.54) is 9.75 Å². The van der Waals surface area contributed by atoms with Crippen molar-refractivity contribution in [2.24, 2.45) is 11.8 Å². The van der Waals surface area contributed by atoms with E-state index in [0.29, 0.717) is 12.5 Å². The second-order valence-corrected chi connectivity index (χ2v) is 8.25. The van der Waals surface area contributed by atoms with Crippen LogP contribution in [0.4, 0.5) is 0 Å². The fourth-order valence-corrected chi connectivity index (χ4v) is 3.96. The first-order valence-corrected chi connectivity index (χ1v) is 8.11. The Hall–Kier alpha value is -0.870. The van der Waals surface area contributed by atoms with Crippen LogP contribution in [0.15, 0.2) is 12.1 Å². The fourth-order valence-electron chi connectivity index (χ4n) is 2.86. The molecule has 112 valence electrons. The third kappa shape index (κ3) is 3.83. The molecule has 0 bridgehead atoms. The van der Waals surface area contributed by atoms with Gasteiger partial charge >= 0.3 is 5.97 Å². The molecule has 0 radical (unpaired) electrons. The molecule has 1 aliphatic rings. The lowest BCUT2D eigenvalue weighted by atomic mass is 9.90. The molecule has 1 aliphatic heterocycles. The number of aliphatic carboxylic acids is 1. The third-order valence-electron chi connectivity index (χ3n) is 3.86. The number of nitrogens with zero attached hydrogens (tertiary/aromatic N) is 1. The minimum Gasteiger partial charge on any atom is -0.481 e. The van der Waals surface area contributed by atoms with Crippen molar-refractivity contribution in [1.82, 2.24) is 4.90 Å². The molecule has 1 fully saturated rings. The van der Waals surface area contributed by atoms with Crippen LogP contribution in [-0.4, -0.2) is 29.1 Å². The molecule has 1 aromatic heterocycles. The van der Waals surface area contributed by atoms with Gasteiger partial charge in [-0.25, -0.2) is 0 Å². The van der Waals surface area contributed by atoms with Crippen molar-refractivity contribution in [3.63, 3.8) is 0 Å². The van der Waals surface area contributed by atoms with Crippen molar-refractivity contribution in [1.29, 1.82) is 0 Å². The van der Waals surface area contributed by atoms with E-state index < -0.39 is 5.97 Å². The summed E-state index contributed by atoms with van der Waals surface area (Å²) >= 11 is 1.86. The van der Waals surface area contributed by atoms with Crippen LogP contribution >= 0.6 is 11.3 Å². The van der Waals surface area contributed by atoms with Crippen LogP contribution in [0, 0.1) is 11.8 Å². The van der Waals surface area contributed by atoms with Gasteiger partial charge in [0.15, 0.2) is 0 Å². The lowest BCUT2D eigenvalue weighted by Gasteiger charge is -2.34. The van der Waals surface area contributed by atoms with Crippen LogP contribution in [0.3, 0.4) is 0 Å². The van der Waals surface area contributed by atoms with E-state index in [0.717, 1.165) is 19.5 Å². The molecule has 2 heterocycles. The van der Waals surface area contributed by atoms with Crippen LogP contribution in [0.1, 0.15) is 43.9 Å². The molecule has 1 N–H and O–H groups in total. The Morgan fingerprint density at radius 3 is 2.65 bits per heavy atom. The van der Waals surface area contributed by atoms with E-state index in [-0.39, 0.29) is 11.3 Å². The zero-order chi connectivity index (χ0) is 14.9. The van der Waals surface area contributed by atoms with Gasteiger partial charge in [-0.3, -0.25) is 9.69 Å². The van der Waals surface area contributed by atoms with Crippen molar-refractivity contribution < 1.29 is 9.90 Å². The van der Waals surface area contributed by atoms with E-state index in [1.54, 1.807) is 0 Å². The maximum Gasteiger partial charge on any atom is 0.307 e. The Morgan fingerprint density at radius 2 is 2.10 bits per heavy atom. The van der Waals surface area contributed by atoms with Crippen LogP contribution in [0.2, 0.25) is 0 Å². The second-order valence-electron chi connectivity index (χ2n) is 7.09. The van der Waals surface area contributed by atoms with Crippen molar-refractivity contribution in [3.05, 3.63) is 21.9 Å². The predicted octanol–water partition coefficient (Wildman–Crippen LogP) is 3.59. The minimum absolute atomic E-state index is 0.196. The van der Waals surface area contributed by atoms with Gasteiger partial charge in [0.1, 0.15) is 0 Å². The third-order valence-corrected chi connectivity index (χ3v) is 5.36. The number of hydrogen-bond acceptors (Lipinski definition) is 3. The van der Waals surface area contributed by atoms with Gasteiger partial charge in [0.25, 0.3) is 0 Å². The molecule has 2 unspecified atom stereocenters. The number of hydrogen-bond donors (Lipinski definition) is 1. The number of rotatable bonds is 3. The highest BCUT2D eigenvalue weighted by Gasteiger charge is 2.29. The maximum absolute atomic E-state index is 11.2. The van der Waals surface area contributed by atoms with Gasteiger partial charge in [-0.05, 0) is 29.9 Å². The summed E-state index contributed by atoms with van der Waals surface area (Å²) in [5.41, 5.74) is 0.196. The summed E-state index contributed by atoms with van der Waals surface area (Å²) in [4.78, 5) is 16.2. The summed E-state index contributed by atoms with van der Waals surface area (Å²) in [6.45, 7) is 11.4. The number of piperidine rings is 1. The van der Waals surface area contributed by atoms with Crippen LogP contribution < -0.4 is 0 Å². The van der Waals surface area contributed by atoms with Crippen molar-refractivity contribution in [2.45, 2.75) is 46.1 Å². The first-order chi connectivity index (χ1) is 9.25. The van der Waals surface area contributed by atoms with E-state index in [4.69, 9.17) is 0 Å². The topological polar surface area (TPSA) is 40.5 Å². The molecule has 20 heavy (non-hydrogen) atoms. The second kappa shape index (κ2) is 5.86. The largest absolute Gasteiger partial charge is 0.481 e. The first-order valence-electron chi connectivity index (χ1n) is 7.30. The molecular weight excluding hydrogens is 270 g/mol. The Kier molecular flexibility index (Phi) is 4.55. The van der Waals surface area contributed by atoms with E-state index in [2.05, 4.69) is 44.7 Å². The Balaban J connectivity index is 2.02. The average Bonchev–Trinajstić information content (AvgIpc) is 2.76. The van der Waals surface area contributed by atoms with Gasteiger partial charge in [0.05, 0.1) is 5.92 Å². The summed E-state index contributed by atoms with van der Waals surface area (Å²) < 4.78 is 0. The van der Waals surface area contributed by atoms with Gasteiger partial charge < -0.3 is 5.11 Å². The lowest BCUT2D eigenvalue weighted by Crippen LogP contribution is -2.41. The van der Waals surface area contributed by atoms with Gasteiger partial charge in [-0.2, -0.15) is 0 Å². The lowest BCUT2D eigenvalue weighted by molar-refractivity contribution is -0.144. The molecule has 0 aliphatic carbocycles. The Labute approximate surface area is 125 Å². The summed E-state index contributed by atoms with van der Waals surface area (Å²) in [6, 6.07) is 4.41. The van der Waals surface area contributed by atoms with Gasteiger partial charge in [-0.1, -0.05) is 27.7 Å². The maximum atomic E-state index is 11.2. The smallest absolute Gasteiger partial charge is 0.307 e. The predicted molar refractivity (Wildman–Crippen MR) is 83.2 cm³/mol. The zero-order valence-electron chi connectivity index (χ0n) is 12.8. The highest BCUT2D eigenvalue weighted by atomic mass is 32.1. The molecule has 0 aromatic carbocycles. The SMILES string of the molecule is CC1CC(C(=O)O)CN(Cc2ccc(C(C)(C)C)s2)C1. The summed E-state index contributed by atoms with van der Waals surface area (Å²) in [5.74, 6) is -0.393. The van der Waals surface area contributed by atoms with Gasteiger partial charge in [-0.15, -0.1) is 11.3 Å². The Bertz CT molecular complexity index is 475. The summed E-state index contributed by atoms with van der Waals surface area (Å²) in [6.07, 6.45) is 0.809. The molecular formula is C16H25NO2S. The molecule has 4 heteroatoms. The molecule has 0 spiro atoms. The molecule has 0 saturated carbocycles. The zero-order valence-corrected chi connectivity index (χ0v) is 13.7. The highest BCUT2D eigenvalue weighted by Crippen LogP contribution is 2.31. The van der Waals surface area contributed by atoms with Crippen LogP contribution in [0.5, 0.6) is 0 Å². The molecule has 3 nitrogen and oxygen atoms in total. The Morgan fingerprint density at radius 1 is 1.40 bits per heavy atom. The average molecular weight is 295 g/mol. The van der Waals surface area contributed by atoms with Crippen molar-refractivity contribution in [2.75, 3.05) is 13.1 Å². The molecule has 2 rings (SSSR count). The number of carbonyl (C=O) groups is 1. The van der Waals surface area contributed by atoms with Crippen LogP contribution in [0.25, 0.3) is 0 Å². The quantitative estimate of drug-likeness (QED) is 0.926. The van der Waals surface area contributed by atoms with E-state index in [1.807, 2.05) is 11.3 Å². The molecule has 2 atom stereocenters. The summed E-state index contributed by atoms with van der Waals surface area (Å²) in [5, 5.41) is 9.23. The first kappa shape index (κ1) is 15.5. The van der Waals surface area contributed by atoms with Crippen molar-refractivity contribution in [3.8, 4) is 0 Å².